The van der Waals surface area contributed by atoms with Crippen molar-refractivity contribution < 1.29 is 101 Å². The Morgan fingerprint density at radius 2 is 0.775 bits per heavy atom. The van der Waals surface area contributed by atoms with Gasteiger partial charge >= 0.3 is 0 Å². The van der Waals surface area contributed by atoms with Crippen LogP contribution in [0.1, 0.15) is 37.3 Å². The average Bonchev–Trinajstić information content (AvgIpc) is 0.794. The molecule has 0 atom stereocenters. The molecule has 0 aliphatic rings. The van der Waals surface area contributed by atoms with E-state index < -0.39 is 18.1 Å². The fraction of sp³-hybridized carbons (Fsp3) is 0.0282. The van der Waals surface area contributed by atoms with E-state index in [2.05, 4.69) is 50.3 Å². The Labute approximate surface area is 545 Å². The van der Waals surface area contributed by atoms with E-state index in [0.717, 1.165) is 55.9 Å². The number of hydrogen-bond acceptors (Lipinski definition) is 5. The Kier molecular flexibility index (Phi) is 18.3. The van der Waals surface area contributed by atoms with Gasteiger partial charge in [-0.1, -0.05) is 159 Å². The van der Waals surface area contributed by atoms with Crippen molar-refractivity contribution in [2.24, 2.45) is 0 Å². The van der Waals surface area contributed by atoms with Crippen molar-refractivity contribution in [2.45, 2.75) is 13.8 Å². The topological polar surface area (TPSA) is 75.3 Å². The van der Waals surface area contributed by atoms with Crippen molar-refractivity contribution in [2.75, 3.05) is 0 Å². The van der Waals surface area contributed by atoms with Crippen LogP contribution in [0.4, 0.5) is 0 Å². The predicted molar refractivity (Wildman–Crippen MR) is 310 cm³/mol. The average molecular weight is 1760 g/mol. The number of rotatable bonds is 8. The molecule has 0 N–H and O–H groups in total. The molecule has 4 heterocycles. The fourth-order valence-corrected chi connectivity index (χ4v) is 7.47. The zero-order valence-electron chi connectivity index (χ0n) is 57.4. The maximum absolute atomic E-state index is 8.80. The molecule has 0 unspecified atom stereocenters. The van der Waals surface area contributed by atoms with Gasteiger partial charge in [0.2, 0.25) is 0 Å². The number of aromatic nitrogens is 4. The van der Waals surface area contributed by atoms with Crippen molar-refractivity contribution in [3.05, 3.63) is 314 Å². The van der Waals surface area contributed by atoms with Crippen molar-refractivity contribution in [1.82, 2.24) is 19.9 Å². The minimum absolute atomic E-state index is 0. The molecule has 0 spiro atoms. The molecule has 0 saturated heterocycles. The maximum atomic E-state index is 8.80. The second-order valence-corrected chi connectivity index (χ2v) is 16.5. The van der Waals surface area contributed by atoms with Gasteiger partial charge in [-0.15, -0.1) is 143 Å². The van der Waals surface area contributed by atoms with E-state index in [-0.39, 0.29) is 170 Å². The summed E-state index contributed by atoms with van der Waals surface area (Å²) in [5.74, 6) is 0. The Bertz CT molecular complexity index is 4550. The number of nitriles is 1. The number of aryl methyl sites for hydroxylation is 2. The van der Waals surface area contributed by atoms with Gasteiger partial charge in [-0.2, -0.15) is 5.26 Å². The van der Waals surface area contributed by atoms with Gasteiger partial charge < -0.3 is 19.9 Å². The second-order valence-electron chi connectivity index (χ2n) is 16.5. The van der Waals surface area contributed by atoms with Crippen LogP contribution in [0.15, 0.2) is 273 Å². The first kappa shape index (κ1) is 44.2. The molecule has 12 aromatic rings. The molecule has 80 heavy (non-hydrogen) atoms. The van der Waals surface area contributed by atoms with Crippen LogP contribution in [0.3, 0.4) is 0 Å². The van der Waals surface area contributed by atoms with Crippen LogP contribution in [-0.4, -0.2) is 19.9 Å². The smallest absolute Gasteiger partial charge is 0.0991 e. The van der Waals surface area contributed by atoms with Crippen LogP contribution in [0.25, 0.3) is 89.5 Å². The molecule has 5 nitrogen and oxygen atoms in total. The van der Waals surface area contributed by atoms with Crippen LogP contribution < -0.4 is 0 Å². The van der Waals surface area contributed by atoms with Gasteiger partial charge in [-0.3, -0.25) is 0 Å². The van der Waals surface area contributed by atoms with Crippen LogP contribution in [0, 0.1) is 49.4 Å². The third-order valence-electron chi connectivity index (χ3n) is 11.1. The van der Waals surface area contributed by atoms with Crippen molar-refractivity contribution >= 4 is 0 Å². The molecule has 12 rings (SSSR count). The SMILES string of the molecule is N#Cc1ccc(-c2ccc(-c3[c-]cccc3)nc2)cc1.[2H]c1c([2H])c([2H])c(-c2ccc(-c3[c-]c(C)cc(C)c3)nc2)c([2H])c1[2H].[2H]c1c([2H])c([2H])c(-c2ccc(-c3[c-]cccc3)nc2)c([2H])c1[2H].[2H]c1c([2H])c([2H])c(-c2ccnc(-c3[c-]cccc3)c2)c([2H])c1[2H].[Ir].[Ir].[Ir].[Ir]. The molecule has 0 aliphatic heterocycles. The largest absolute Gasteiger partial charge is 0.305 e. The third-order valence-corrected chi connectivity index (χ3v) is 11.1. The Morgan fingerprint density at radius 3 is 1.16 bits per heavy atom. The first-order valence-electron chi connectivity index (χ1n) is 31.2. The molecular weight excluding hydrogens is 1690 g/mol. The van der Waals surface area contributed by atoms with Crippen molar-refractivity contribution in [1.29, 1.82) is 5.26 Å². The standard InChI is InChI=1S/C19H16N.C18H11N2.2C17H12N.4Ir/c1-14-10-15(2)12-18(11-14)19-9-8-17(13-20-19)16-6-4-3-5-7-16;19-12-14-6-8-15(9-7-14)17-10-11-18(20-13-17)16-4-2-1-3-5-16;1-3-7-14(8-4-1)16-11-12-18-17(13-16)15-9-5-2-6-10-15;1-3-7-14(8-4-1)16-11-12-17(18-13-16)15-9-5-2-6-10-15;;;;/h3-11,13H,1-2H3;1-4,6-11,13H;2*1-9,11-13H;;;;/q4*-1;;;;/i3D,4D,5D,6D,7D;;2*1D,3D,4D,7D,8D;;;;. The summed E-state index contributed by atoms with van der Waals surface area (Å²) in [5, 5.41) is 8.80. The predicted octanol–water partition coefficient (Wildman–Crippen LogP) is 17.3. The van der Waals surface area contributed by atoms with E-state index in [0.29, 0.717) is 33.6 Å². The van der Waals surface area contributed by atoms with Gasteiger partial charge in [0.05, 0.1) is 32.2 Å². The van der Waals surface area contributed by atoms with E-state index in [4.69, 9.17) is 25.8 Å². The molecule has 0 saturated carbocycles. The Hall–Kier alpha value is -7.55. The summed E-state index contributed by atoms with van der Waals surface area (Å²) >= 11 is 0. The van der Waals surface area contributed by atoms with E-state index in [1.807, 2.05) is 129 Å². The summed E-state index contributed by atoms with van der Waals surface area (Å²) in [6.07, 6.45) is 6.46. The molecule has 0 bridgehead atoms. The number of pyridine rings is 4. The Morgan fingerprint density at radius 1 is 0.375 bits per heavy atom. The summed E-state index contributed by atoms with van der Waals surface area (Å²) in [6.45, 7) is 3.98. The number of nitrogens with zero attached hydrogens (tertiary/aromatic N) is 5. The summed E-state index contributed by atoms with van der Waals surface area (Å²) in [4.78, 5) is 17.5. The molecule has 400 valence electrons. The van der Waals surface area contributed by atoms with Gasteiger partial charge in [0.15, 0.2) is 0 Å². The van der Waals surface area contributed by atoms with Gasteiger partial charge in [-0.05, 0) is 85.5 Å². The third kappa shape index (κ3) is 18.2. The summed E-state index contributed by atoms with van der Waals surface area (Å²) in [5.41, 5.74) is 13.3. The monoisotopic (exact) mass is 1760 g/mol. The van der Waals surface area contributed by atoms with E-state index in [1.165, 1.54) is 12.4 Å². The maximum Gasteiger partial charge on any atom is 0.0991 e. The molecule has 8 aromatic carbocycles. The molecule has 9 heteroatoms. The van der Waals surface area contributed by atoms with Crippen molar-refractivity contribution in [3.8, 4) is 95.6 Å². The van der Waals surface area contributed by atoms with Crippen LogP contribution in [0.2, 0.25) is 0 Å². The summed E-state index contributed by atoms with van der Waals surface area (Å²) in [7, 11) is 0. The van der Waals surface area contributed by atoms with Gasteiger partial charge in [0.1, 0.15) is 0 Å². The number of benzene rings is 8. The van der Waals surface area contributed by atoms with Gasteiger partial charge in [0.25, 0.3) is 0 Å². The molecule has 0 aliphatic carbocycles. The molecule has 0 amide bonds. The zero-order chi connectivity index (χ0) is 65.2. The Balaban J connectivity index is 0.000000227. The van der Waals surface area contributed by atoms with E-state index >= 15 is 0 Å². The summed E-state index contributed by atoms with van der Waals surface area (Å²) in [6, 6.07) is 58.5. The molecule has 0 fully saturated rings. The second kappa shape index (κ2) is 33.1. The van der Waals surface area contributed by atoms with Crippen LogP contribution >= 0.6 is 0 Å². The van der Waals surface area contributed by atoms with Crippen LogP contribution in [0.5, 0.6) is 0 Å². The van der Waals surface area contributed by atoms with Crippen LogP contribution in [-0.2, 0) is 80.4 Å². The molecule has 4 radical (unpaired) electrons. The normalized spacial score (nSPS) is 12.3. The fourth-order valence-electron chi connectivity index (χ4n) is 7.47. The molecular formula is C71H51Ir4N5-4. The quantitative estimate of drug-likeness (QED) is 0.142. The minimum atomic E-state index is -0.396. The molecule has 4 aromatic heterocycles. The van der Waals surface area contributed by atoms with E-state index in [9.17, 15) is 0 Å². The van der Waals surface area contributed by atoms with Gasteiger partial charge in [-0.25, -0.2) is 0 Å². The first-order valence-corrected chi connectivity index (χ1v) is 23.7. The first-order chi connectivity index (χ1) is 43.7. The minimum Gasteiger partial charge on any atom is -0.305 e. The zero-order valence-corrected chi connectivity index (χ0v) is 52.0. The van der Waals surface area contributed by atoms with Crippen molar-refractivity contribution in [3.63, 3.8) is 0 Å². The van der Waals surface area contributed by atoms with Gasteiger partial charge in [0, 0.05) is 105 Å². The summed E-state index contributed by atoms with van der Waals surface area (Å²) < 4.78 is 118. The number of hydrogen-bond donors (Lipinski definition) is 0. The van der Waals surface area contributed by atoms with E-state index in [1.54, 1.807) is 54.7 Å².